The van der Waals surface area contributed by atoms with E-state index in [1.165, 1.54) is 44.4 Å². The summed E-state index contributed by atoms with van der Waals surface area (Å²) in [7, 11) is 1.30. The molecule has 0 spiro atoms. The van der Waals surface area contributed by atoms with Crippen LogP contribution in [0.1, 0.15) is 25.3 Å². The van der Waals surface area contributed by atoms with Crippen LogP contribution in [0.5, 0.6) is 17.4 Å². The van der Waals surface area contributed by atoms with Gasteiger partial charge in [0.25, 0.3) is 0 Å². The third kappa shape index (κ3) is 9.84. The predicted octanol–water partition coefficient (Wildman–Crippen LogP) is 6.54. The summed E-state index contributed by atoms with van der Waals surface area (Å²) in [6.45, 7) is 2.71. The number of carboxylic acids is 1. The highest BCUT2D eigenvalue weighted by Gasteiger charge is 2.30. The van der Waals surface area contributed by atoms with Crippen molar-refractivity contribution in [2.45, 2.75) is 50.0 Å². The number of fused-ring (bicyclic) bond motifs is 1. The first-order valence-electron chi connectivity index (χ1n) is 14.0. The van der Waals surface area contributed by atoms with Gasteiger partial charge in [0.15, 0.2) is 6.10 Å². The number of hydrogen-bond acceptors (Lipinski definition) is 10. The molecule has 1 aliphatic rings. The van der Waals surface area contributed by atoms with E-state index < -0.39 is 35.6 Å². The Kier molecular flexibility index (Phi) is 12.3. The Morgan fingerprint density at radius 3 is 2.38 bits per heavy atom. The van der Waals surface area contributed by atoms with Crippen LogP contribution in [0.25, 0.3) is 0 Å². The minimum absolute atomic E-state index is 0.00516. The van der Waals surface area contributed by atoms with Crippen LogP contribution in [0.4, 0.5) is 23.2 Å². The largest absolute Gasteiger partial charge is 0.479 e. The number of carbonyl (C=O) groups excluding carboxylic acids is 1. The van der Waals surface area contributed by atoms with Gasteiger partial charge in [0.05, 0.1) is 23.4 Å². The number of carbonyl (C=O) groups is 2. The SMILES string of the molecule is CC(Oc1ccc(Oc2ccc(C(F)(F)F)cn2)cc1)C(=O)O.COC(=O)CSc1cc(N=c2sc(=O)n3n2CCCC3)c(F)cc1Cl. The molecule has 2 aromatic carbocycles. The van der Waals surface area contributed by atoms with Crippen molar-refractivity contribution in [3.63, 3.8) is 0 Å². The molecule has 0 saturated heterocycles. The van der Waals surface area contributed by atoms with Crippen molar-refractivity contribution in [3.8, 4) is 17.4 Å². The summed E-state index contributed by atoms with van der Waals surface area (Å²) in [5, 5.41) is 8.93. The van der Waals surface area contributed by atoms with Gasteiger partial charge in [0, 0.05) is 30.2 Å². The lowest BCUT2D eigenvalue weighted by molar-refractivity contribution is -0.144. The van der Waals surface area contributed by atoms with E-state index >= 15 is 0 Å². The van der Waals surface area contributed by atoms with Gasteiger partial charge in [-0.05, 0) is 73.6 Å². The lowest BCUT2D eigenvalue weighted by Crippen LogP contribution is -2.31. The molecule has 0 bridgehead atoms. The van der Waals surface area contributed by atoms with E-state index in [1.807, 2.05) is 0 Å². The van der Waals surface area contributed by atoms with Crippen LogP contribution in [0.2, 0.25) is 5.02 Å². The third-order valence-corrected chi connectivity index (χ3v) is 8.78. The zero-order chi connectivity index (χ0) is 35.0. The molecule has 0 radical (unpaired) electrons. The second kappa shape index (κ2) is 16.2. The molecule has 18 heteroatoms. The average Bonchev–Trinajstić information content (AvgIpc) is 3.37. The van der Waals surface area contributed by atoms with Crippen LogP contribution in [0.15, 0.2) is 69.4 Å². The monoisotopic (exact) mass is 730 g/mol. The number of nitrogens with zero attached hydrogens (tertiary/aromatic N) is 4. The van der Waals surface area contributed by atoms with Crippen LogP contribution in [0, 0.1) is 5.82 Å². The Bertz CT molecular complexity index is 1880. The number of thioether (sulfide) groups is 1. The molecule has 256 valence electrons. The summed E-state index contributed by atoms with van der Waals surface area (Å²) in [5.41, 5.74) is -0.782. The Morgan fingerprint density at radius 2 is 1.77 bits per heavy atom. The van der Waals surface area contributed by atoms with Gasteiger partial charge in [0.2, 0.25) is 10.7 Å². The van der Waals surface area contributed by atoms with E-state index in [0.717, 1.165) is 54.1 Å². The van der Waals surface area contributed by atoms with Crippen LogP contribution in [-0.2, 0) is 33.6 Å². The van der Waals surface area contributed by atoms with E-state index in [1.54, 1.807) is 9.36 Å². The molecule has 0 amide bonds. The zero-order valence-corrected chi connectivity index (χ0v) is 27.6. The van der Waals surface area contributed by atoms with E-state index in [0.29, 0.717) is 40.5 Å². The van der Waals surface area contributed by atoms with Crippen LogP contribution in [-0.4, -0.2) is 50.4 Å². The Morgan fingerprint density at radius 1 is 1.10 bits per heavy atom. The molecule has 2 aromatic heterocycles. The standard InChI is InChI=1S/C15H15ClFN3O3S2.C15H12F3NO4/c1-23-13(21)8-24-12-7-11(10(17)6-9(12)16)18-14-19-4-2-3-5-20(19)15(22)25-14;1-9(14(20)21)22-11-3-5-12(6-4-11)23-13-7-2-10(8-19-13)15(16,17)18/h6-7H,2-5,8H2,1H3;2-9H,1H3,(H,20,21). The molecule has 11 nitrogen and oxygen atoms in total. The van der Waals surface area contributed by atoms with Crippen molar-refractivity contribution in [2.24, 2.45) is 4.99 Å². The van der Waals surface area contributed by atoms with E-state index in [9.17, 15) is 31.9 Å². The van der Waals surface area contributed by atoms with Crippen molar-refractivity contribution < 1.29 is 46.5 Å². The number of carboxylic acid groups (broad SMARTS) is 1. The van der Waals surface area contributed by atoms with Gasteiger partial charge in [-0.3, -0.25) is 14.3 Å². The zero-order valence-electron chi connectivity index (χ0n) is 25.2. The topological polar surface area (TPSA) is 134 Å². The maximum atomic E-state index is 14.3. The van der Waals surface area contributed by atoms with Crippen molar-refractivity contribution in [1.29, 1.82) is 0 Å². The van der Waals surface area contributed by atoms with Gasteiger partial charge in [-0.1, -0.05) is 11.6 Å². The summed E-state index contributed by atoms with van der Waals surface area (Å²) in [6.07, 6.45) is -2.88. The first-order chi connectivity index (χ1) is 22.7. The van der Waals surface area contributed by atoms with Crippen molar-refractivity contribution in [1.82, 2.24) is 14.3 Å². The van der Waals surface area contributed by atoms with E-state index in [4.69, 9.17) is 26.2 Å². The average molecular weight is 731 g/mol. The number of methoxy groups -OCH3 is 1. The van der Waals surface area contributed by atoms with Crippen molar-refractivity contribution >= 4 is 52.3 Å². The highest BCUT2D eigenvalue weighted by molar-refractivity contribution is 8.00. The molecule has 0 saturated carbocycles. The molecular formula is C30H27ClF4N4O7S2. The van der Waals surface area contributed by atoms with Gasteiger partial charge in [-0.25, -0.2) is 23.8 Å². The molecule has 3 heterocycles. The maximum Gasteiger partial charge on any atom is 0.417 e. The van der Waals surface area contributed by atoms with Crippen LogP contribution < -0.4 is 19.1 Å². The van der Waals surface area contributed by atoms with Crippen molar-refractivity contribution in [3.05, 3.63) is 85.6 Å². The fourth-order valence-corrected chi connectivity index (χ4v) is 5.99. The number of aliphatic carboxylic acids is 1. The Balaban J connectivity index is 0.000000218. The molecule has 1 aliphatic heterocycles. The quantitative estimate of drug-likeness (QED) is 0.116. The van der Waals surface area contributed by atoms with Gasteiger partial charge in [-0.2, -0.15) is 13.2 Å². The second-order valence-electron chi connectivity index (χ2n) is 9.87. The first-order valence-corrected chi connectivity index (χ1v) is 16.2. The smallest absolute Gasteiger partial charge is 0.417 e. The van der Waals surface area contributed by atoms with Gasteiger partial charge >= 0.3 is 23.0 Å². The molecule has 1 atom stereocenters. The predicted molar refractivity (Wildman–Crippen MR) is 169 cm³/mol. The number of hydrogen-bond donors (Lipinski definition) is 1. The molecule has 1 unspecified atom stereocenters. The lowest BCUT2D eigenvalue weighted by Gasteiger charge is -2.15. The first kappa shape index (κ1) is 36.5. The molecule has 1 N–H and O–H groups in total. The van der Waals surface area contributed by atoms with Gasteiger partial charge in [0.1, 0.15) is 23.0 Å². The minimum Gasteiger partial charge on any atom is -0.479 e. The minimum atomic E-state index is -4.45. The van der Waals surface area contributed by atoms with Crippen LogP contribution >= 0.6 is 34.7 Å². The third-order valence-electron chi connectivity index (χ3n) is 6.45. The molecular weight excluding hydrogens is 704 g/mol. The van der Waals surface area contributed by atoms with Gasteiger partial charge in [-0.15, -0.1) is 11.8 Å². The van der Waals surface area contributed by atoms with E-state index in [2.05, 4.69) is 14.7 Å². The molecule has 4 aromatic rings. The highest BCUT2D eigenvalue weighted by Crippen LogP contribution is 2.33. The number of aromatic nitrogens is 3. The number of halogens is 5. The maximum absolute atomic E-state index is 14.3. The number of pyridine rings is 1. The Labute approximate surface area is 283 Å². The summed E-state index contributed by atoms with van der Waals surface area (Å²) < 4.78 is 69.9. The van der Waals surface area contributed by atoms with Crippen molar-refractivity contribution in [2.75, 3.05) is 12.9 Å². The molecule has 0 fully saturated rings. The van der Waals surface area contributed by atoms with E-state index in [-0.39, 0.29) is 27.2 Å². The highest BCUT2D eigenvalue weighted by atomic mass is 35.5. The molecule has 5 rings (SSSR count). The number of alkyl halides is 3. The number of ether oxygens (including phenoxy) is 3. The second-order valence-corrected chi connectivity index (χ2v) is 12.2. The summed E-state index contributed by atoms with van der Waals surface area (Å²) in [4.78, 5) is 42.8. The van der Waals surface area contributed by atoms with Crippen LogP contribution in [0.3, 0.4) is 0 Å². The number of benzene rings is 2. The summed E-state index contributed by atoms with van der Waals surface area (Å²) in [6, 6.07) is 10.6. The number of esters is 1. The van der Waals surface area contributed by atoms with Gasteiger partial charge < -0.3 is 19.3 Å². The number of rotatable bonds is 9. The molecule has 48 heavy (non-hydrogen) atoms. The summed E-state index contributed by atoms with van der Waals surface area (Å²) in [5.74, 6) is -1.36. The summed E-state index contributed by atoms with van der Waals surface area (Å²) >= 11 is 8.17. The normalized spacial score (nSPS) is 13.5. The lowest BCUT2D eigenvalue weighted by atomic mass is 10.3. The fourth-order valence-electron chi connectivity index (χ4n) is 4.00. The Hall–Kier alpha value is -4.35. The molecule has 0 aliphatic carbocycles. The fraction of sp³-hybridized carbons (Fsp3) is 0.300.